The zero-order valence-electron chi connectivity index (χ0n) is 11.3. The Morgan fingerprint density at radius 3 is 2.72 bits per heavy atom. The minimum absolute atomic E-state index is 0.0894. The van der Waals surface area contributed by atoms with Crippen LogP contribution in [0, 0.1) is 12.8 Å². The second-order valence-electron chi connectivity index (χ2n) is 5.49. The first kappa shape index (κ1) is 12.9. The Bertz CT molecular complexity index is 456. The van der Waals surface area contributed by atoms with Crippen molar-refractivity contribution in [2.75, 3.05) is 6.54 Å². The summed E-state index contributed by atoms with van der Waals surface area (Å²) in [6.45, 7) is 7.00. The molecule has 0 aromatic heterocycles. The molecule has 1 amide bonds. The van der Waals surface area contributed by atoms with Crippen LogP contribution in [-0.4, -0.2) is 28.5 Å². The molecule has 3 nitrogen and oxygen atoms in total. The van der Waals surface area contributed by atoms with E-state index in [1.807, 2.05) is 11.8 Å². The molecule has 0 aliphatic carbocycles. The van der Waals surface area contributed by atoms with Crippen LogP contribution < -0.4 is 0 Å². The lowest BCUT2D eigenvalue weighted by Gasteiger charge is -2.37. The number of amides is 1. The van der Waals surface area contributed by atoms with Crippen LogP contribution in [0.15, 0.2) is 18.2 Å². The van der Waals surface area contributed by atoms with Gasteiger partial charge < -0.3 is 10.0 Å². The highest BCUT2D eigenvalue weighted by molar-refractivity contribution is 5.96. The Hall–Kier alpha value is -1.51. The van der Waals surface area contributed by atoms with Gasteiger partial charge >= 0.3 is 0 Å². The first-order valence-corrected chi connectivity index (χ1v) is 6.59. The van der Waals surface area contributed by atoms with Crippen molar-refractivity contribution in [3.05, 3.63) is 29.3 Å². The van der Waals surface area contributed by atoms with Gasteiger partial charge in [-0.15, -0.1) is 0 Å². The van der Waals surface area contributed by atoms with Crippen molar-refractivity contribution in [3.8, 4) is 5.75 Å². The lowest BCUT2D eigenvalue weighted by molar-refractivity contribution is 0.0573. The lowest BCUT2D eigenvalue weighted by atomic mass is 9.94. The van der Waals surface area contributed by atoms with Crippen LogP contribution in [0.1, 0.15) is 42.6 Å². The molecule has 0 saturated carbocycles. The summed E-state index contributed by atoms with van der Waals surface area (Å²) in [7, 11) is 0. The summed E-state index contributed by atoms with van der Waals surface area (Å²) in [4.78, 5) is 14.5. The molecule has 2 rings (SSSR count). The van der Waals surface area contributed by atoms with Gasteiger partial charge in [-0.3, -0.25) is 4.79 Å². The van der Waals surface area contributed by atoms with Crippen molar-refractivity contribution in [1.82, 2.24) is 4.90 Å². The van der Waals surface area contributed by atoms with Gasteiger partial charge in [-0.2, -0.15) is 0 Å². The molecule has 1 heterocycles. The molecule has 1 N–H and O–H groups in total. The van der Waals surface area contributed by atoms with Gasteiger partial charge in [-0.05, 0) is 56.4 Å². The van der Waals surface area contributed by atoms with Crippen LogP contribution in [0.25, 0.3) is 0 Å². The zero-order valence-corrected chi connectivity index (χ0v) is 11.3. The standard InChI is InChI=1S/C15H21NO2/c1-10-4-5-12(3)16(9-10)15(18)14-7-6-13(17)8-11(14)2/h6-8,10,12,17H,4-5,9H2,1-3H3. The average molecular weight is 247 g/mol. The van der Waals surface area contributed by atoms with Gasteiger partial charge in [0, 0.05) is 18.2 Å². The number of benzene rings is 1. The number of hydrogen-bond donors (Lipinski definition) is 1. The number of aromatic hydroxyl groups is 1. The maximum absolute atomic E-state index is 12.5. The van der Waals surface area contributed by atoms with E-state index >= 15 is 0 Å². The van der Waals surface area contributed by atoms with Gasteiger partial charge in [-0.25, -0.2) is 0 Å². The molecular weight excluding hydrogens is 226 g/mol. The molecule has 1 aromatic carbocycles. The van der Waals surface area contributed by atoms with Gasteiger partial charge in [0.25, 0.3) is 5.91 Å². The fourth-order valence-corrected chi connectivity index (χ4v) is 2.61. The van der Waals surface area contributed by atoms with Crippen LogP contribution in [0.3, 0.4) is 0 Å². The number of rotatable bonds is 1. The summed E-state index contributed by atoms with van der Waals surface area (Å²) in [6, 6.07) is 5.25. The summed E-state index contributed by atoms with van der Waals surface area (Å²) in [5.41, 5.74) is 1.54. The number of hydrogen-bond acceptors (Lipinski definition) is 2. The Morgan fingerprint density at radius 1 is 1.33 bits per heavy atom. The number of carbonyl (C=O) groups is 1. The number of piperidine rings is 1. The second-order valence-corrected chi connectivity index (χ2v) is 5.49. The number of phenolic OH excluding ortho intramolecular Hbond substituents is 1. The molecule has 2 unspecified atom stereocenters. The van der Waals surface area contributed by atoms with E-state index in [0.29, 0.717) is 17.5 Å². The van der Waals surface area contributed by atoms with Crippen LogP contribution in [0.2, 0.25) is 0 Å². The van der Waals surface area contributed by atoms with Crippen LogP contribution >= 0.6 is 0 Å². The number of nitrogens with zero attached hydrogens (tertiary/aromatic N) is 1. The lowest BCUT2D eigenvalue weighted by Crippen LogP contribution is -2.45. The molecule has 1 aliphatic heterocycles. The Balaban J connectivity index is 2.24. The molecule has 1 aromatic rings. The molecular formula is C15H21NO2. The first-order valence-electron chi connectivity index (χ1n) is 6.59. The Morgan fingerprint density at radius 2 is 2.06 bits per heavy atom. The number of likely N-dealkylation sites (tertiary alicyclic amines) is 1. The Labute approximate surface area is 108 Å². The number of phenols is 1. The predicted octanol–water partition coefficient (Wildman–Crippen LogP) is 2.96. The minimum Gasteiger partial charge on any atom is -0.508 e. The molecule has 1 fully saturated rings. The highest BCUT2D eigenvalue weighted by Gasteiger charge is 2.28. The van der Waals surface area contributed by atoms with E-state index in [1.165, 1.54) is 6.42 Å². The van der Waals surface area contributed by atoms with Crippen LogP contribution in [0.4, 0.5) is 0 Å². The van der Waals surface area contributed by atoms with Gasteiger partial charge in [0.2, 0.25) is 0 Å². The first-order chi connectivity index (χ1) is 8.49. The van der Waals surface area contributed by atoms with Crippen molar-refractivity contribution < 1.29 is 9.90 Å². The van der Waals surface area contributed by atoms with Gasteiger partial charge in [-0.1, -0.05) is 6.92 Å². The third kappa shape index (κ3) is 2.50. The third-order valence-corrected chi connectivity index (χ3v) is 3.82. The molecule has 0 radical (unpaired) electrons. The highest BCUT2D eigenvalue weighted by Crippen LogP contribution is 2.25. The maximum Gasteiger partial charge on any atom is 0.254 e. The monoisotopic (exact) mass is 247 g/mol. The van der Waals surface area contributed by atoms with Crippen molar-refractivity contribution in [3.63, 3.8) is 0 Å². The van der Waals surface area contributed by atoms with Gasteiger partial charge in [0.15, 0.2) is 0 Å². The molecule has 1 saturated heterocycles. The summed E-state index contributed by atoms with van der Waals surface area (Å²) in [5.74, 6) is 0.873. The molecule has 0 spiro atoms. The second kappa shape index (κ2) is 5.01. The topological polar surface area (TPSA) is 40.5 Å². The van der Waals surface area contributed by atoms with E-state index in [1.54, 1.807) is 18.2 Å². The van der Waals surface area contributed by atoms with E-state index in [0.717, 1.165) is 18.5 Å². The minimum atomic E-state index is 0.0894. The van der Waals surface area contributed by atoms with E-state index in [-0.39, 0.29) is 11.7 Å². The van der Waals surface area contributed by atoms with Crippen molar-refractivity contribution in [1.29, 1.82) is 0 Å². The largest absolute Gasteiger partial charge is 0.508 e. The summed E-state index contributed by atoms with van der Waals surface area (Å²) in [6.07, 6.45) is 2.27. The summed E-state index contributed by atoms with van der Waals surface area (Å²) in [5, 5.41) is 9.40. The van der Waals surface area contributed by atoms with Gasteiger partial charge in [0.1, 0.15) is 5.75 Å². The van der Waals surface area contributed by atoms with Crippen LogP contribution in [-0.2, 0) is 0 Å². The average Bonchev–Trinajstić information content (AvgIpc) is 2.31. The molecule has 98 valence electrons. The molecule has 3 heteroatoms. The smallest absolute Gasteiger partial charge is 0.254 e. The fraction of sp³-hybridized carbons (Fsp3) is 0.533. The maximum atomic E-state index is 12.5. The van der Waals surface area contributed by atoms with Crippen molar-refractivity contribution in [2.24, 2.45) is 5.92 Å². The van der Waals surface area contributed by atoms with E-state index in [4.69, 9.17) is 0 Å². The fourth-order valence-electron chi connectivity index (χ4n) is 2.61. The summed E-state index contributed by atoms with van der Waals surface area (Å²) < 4.78 is 0. The highest BCUT2D eigenvalue weighted by atomic mass is 16.3. The molecule has 1 aliphatic rings. The van der Waals surface area contributed by atoms with E-state index < -0.39 is 0 Å². The van der Waals surface area contributed by atoms with E-state index in [9.17, 15) is 9.90 Å². The Kier molecular flexibility index (Phi) is 3.60. The van der Waals surface area contributed by atoms with Crippen molar-refractivity contribution in [2.45, 2.75) is 39.7 Å². The number of aryl methyl sites for hydroxylation is 1. The normalized spacial score (nSPS) is 24.1. The van der Waals surface area contributed by atoms with Crippen LogP contribution in [0.5, 0.6) is 5.75 Å². The molecule has 0 bridgehead atoms. The van der Waals surface area contributed by atoms with Crippen molar-refractivity contribution >= 4 is 5.91 Å². The zero-order chi connectivity index (χ0) is 13.3. The van der Waals surface area contributed by atoms with Gasteiger partial charge in [0.05, 0.1) is 0 Å². The SMILES string of the molecule is Cc1cc(O)ccc1C(=O)N1CC(C)CCC1C. The molecule has 18 heavy (non-hydrogen) atoms. The quantitative estimate of drug-likeness (QED) is 0.828. The molecule has 2 atom stereocenters. The predicted molar refractivity (Wildman–Crippen MR) is 71.7 cm³/mol. The van der Waals surface area contributed by atoms with E-state index in [2.05, 4.69) is 13.8 Å². The third-order valence-electron chi connectivity index (χ3n) is 3.82. The summed E-state index contributed by atoms with van der Waals surface area (Å²) >= 11 is 0. The number of carbonyl (C=O) groups excluding carboxylic acids is 1.